The fraction of sp³-hybridized carbons (Fsp3) is 0.333. The molecule has 0 aliphatic carbocycles. The maximum Gasteiger partial charge on any atom is 0.310 e. The molecular formula is C12H12F2N2O2. The number of benzene rings is 1. The minimum absolute atomic E-state index is 0.0440. The topological polar surface area (TPSA) is 76.1 Å². The van der Waals surface area contributed by atoms with Crippen molar-refractivity contribution in [2.24, 2.45) is 5.73 Å². The molecule has 0 aromatic heterocycles. The number of hydrogen-bond acceptors (Lipinski definition) is 4. The lowest BCUT2D eigenvalue weighted by atomic mass is 9.96. The molecule has 0 spiro atoms. The van der Waals surface area contributed by atoms with Gasteiger partial charge in [-0.25, -0.2) is 8.78 Å². The highest BCUT2D eigenvalue weighted by atomic mass is 19.3. The number of alkyl halides is 2. The fourth-order valence-corrected chi connectivity index (χ4v) is 1.59. The second kappa shape index (κ2) is 6.07. The van der Waals surface area contributed by atoms with E-state index in [4.69, 9.17) is 11.0 Å². The van der Waals surface area contributed by atoms with Crippen molar-refractivity contribution >= 4 is 5.97 Å². The van der Waals surface area contributed by atoms with Gasteiger partial charge in [-0.1, -0.05) is 0 Å². The van der Waals surface area contributed by atoms with Crippen LogP contribution in [-0.4, -0.2) is 13.1 Å². The number of nitrogens with two attached hydrogens (primary N) is 1. The second-order valence-corrected chi connectivity index (χ2v) is 3.58. The van der Waals surface area contributed by atoms with Crippen molar-refractivity contribution in [1.29, 1.82) is 5.26 Å². The van der Waals surface area contributed by atoms with Crippen LogP contribution < -0.4 is 5.73 Å². The van der Waals surface area contributed by atoms with Crippen molar-refractivity contribution in [3.05, 3.63) is 34.4 Å². The molecule has 6 heteroatoms. The third kappa shape index (κ3) is 3.02. The molecule has 1 aromatic rings. The van der Waals surface area contributed by atoms with E-state index in [9.17, 15) is 13.6 Å². The summed E-state index contributed by atoms with van der Waals surface area (Å²) >= 11 is 0. The maximum absolute atomic E-state index is 12.7. The van der Waals surface area contributed by atoms with E-state index in [2.05, 4.69) is 4.74 Å². The first-order valence-electron chi connectivity index (χ1n) is 5.14. The summed E-state index contributed by atoms with van der Waals surface area (Å²) in [6, 6.07) is 4.20. The van der Waals surface area contributed by atoms with Crippen LogP contribution in [0.1, 0.15) is 28.7 Å². The smallest absolute Gasteiger partial charge is 0.310 e. The van der Waals surface area contributed by atoms with Crippen molar-refractivity contribution in [2.45, 2.75) is 19.4 Å². The van der Waals surface area contributed by atoms with E-state index >= 15 is 0 Å². The van der Waals surface area contributed by atoms with Crippen LogP contribution in [0, 0.1) is 11.3 Å². The Morgan fingerprint density at radius 2 is 2.11 bits per heavy atom. The fourth-order valence-electron chi connectivity index (χ4n) is 1.59. The molecule has 2 N–H and O–H groups in total. The lowest BCUT2D eigenvalue weighted by Gasteiger charge is -2.10. The number of hydrogen-bond donors (Lipinski definition) is 1. The van der Waals surface area contributed by atoms with Gasteiger partial charge in [0.05, 0.1) is 25.2 Å². The van der Waals surface area contributed by atoms with Crippen LogP contribution >= 0.6 is 0 Å². The van der Waals surface area contributed by atoms with E-state index in [1.165, 1.54) is 13.2 Å². The molecule has 0 atom stereocenters. The van der Waals surface area contributed by atoms with E-state index < -0.39 is 12.4 Å². The zero-order valence-corrected chi connectivity index (χ0v) is 9.74. The van der Waals surface area contributed by atoms with Crippen LogP contribution in [0.4, 0.5) is 8.78 Å². The summed E-state index contributed by atoms with van der Waals surface area (Å²) in [7, 11) is 1.19. The van der Waals surface area contributed by atoms with Gasteiger partial charge >= 0.3 is 5.97 Å². The standard InChI is InChI=1S/C12H12F2N2O2/c1-18-11(17)4-7-2-8(12(13)14)3-9(5-15)10(7)6-16/h2-3,12H,4-5,15H2,1H3. The quantitative estimate of drug-likeness (QED) is 0.829. The third-order valence-electron chi connectivity index (χ3n) is 2.47. The molecule has 0 fully saturated rings. The largest absolute Gasteiger partial charge is 0.469 e. The van der Waals surface area contributed by atoms with Crippen molar-refractivity contribution in [1.82, 2.24) is 0 Å². The molecule has 1 aromatic carbocycles. The third-order valence-corrected chi connectivity index (χ3v) is 2.47. The van der Waals surface area contributed by atoms with Crippen LogP contribution in [0.25, 0.3) is 0 Å². The van der Waals surface area contributed by atoms with Gasteiger partial charge in [0.1, 0.15) is 0 Å². The highest BCUT2D eigenvalue weighted by Gasteiger charge is 2.17. The number of carbonyl (C=O) groups excluding carboxylic acids is 1. The van der Waals surface area contributed by atoms with Gasteiger partial charge in [-0.15, -0.1) is 0 Å². The Labute approximate surface area is 103 Å². The molecule has 0 unspecified atom stereocenters. The predicted octanol–water partition coefficient (Wildman–Crippen LogP) is 1.67. The Morgan fingerprint density at radius 1 is 1.50 bits per heavy atom. The zero-order chi connectivity index (χ0) is 13.7. The summed E-state index contributed by atoms with van der Waals surface area (Å²) in [6.07, 6.45) is -2.91. The molecule has 1 rings (SSSR count). The van der Waals surface area contributed by atoms with Crippen LogP contribution in [0.5, 0.6) is 0 Å². The van der Waals surface area contributed by atoms with Gasteiger partial charge in [0, 0.05) is 12.1 Å². The number of nitrogens with zero attached hydrogens (tertiary/aromatic N) is 1. The molecular weight excluding hydrogens is 242 g/mol. The normalized spacial score (nSPS) is 10.2. The summed E-state index contributed by atoms with van der Waals surface area (Å²) in [5, 5.41) is 9.00. The molecule has 4 nitrogen and oxygen atoms in total. The van der Waals surface area contributed by atoms with Gasteiger partial charge in [-0.3, -0.25) is 4.79 Å². The number of halogens is 2. The first-order valence-corrected chi connectivity index (χ1v) is 5.14. The average molecular weight is 254 g/mol. The molecule has 0 amide bonds. The van der Waals surface area contributed by atoms with Crippen LogP contribution in [0.2, 0.25) is 0 Å². The highest BCUT2D eigenvalue weighted by molar-refractivity contribution is 5.74. The summed E-state index contributed by atoms with van der Waals surface area (Å²) in [5.41, 5.74) is 5.83. The average Bonchev–Trinajstić information content (AvgIpc) is 2.37. The number of carbonyl (C=O) groups is 1. The minimum atomic E-state index is -2.68. The first-order chi connectivity index (χ1) is 8.53. The molecule has 96 valence electrons. The highest BCUT2D eigenvalue weighted by Crippen LogP contribution is 2.25. The number of nitriles is 1. The van der Waals surface area contributed by atoms with E-state index in [1.807, 2.05) is 6.07 Å². The Balaban J connectivity index is 3.32. The van der Waals surface area contributed by atoms with Gasteiger partial charge < -0.3 is 10.5 Å². The molecule has 0 bridgehead atoms. The van der Waals surface area contributed by atoms with Gasteiger partial charge in [-0.2, -0.15) is 5.26 Å². The van der Waals surface area contributed by atoms with Crippen LogP contribution in [-0.2, 0) is 22.5 Å². The molecule has 0 aliphatic heterocycles. The van der Waals surface area contributed by atoms with E-state index in [0.29, 0.717) is 5.56 Å². The van der Waals surface area contributed by atoms with Crippen molar-refractivity contribution in [2.75, 3.05) is 7.11 Å². The Hall–Kier alpha value is -2.00. The van der Waals surface area contributed by atoms with Gasteiger partial charge in [-0.05, 0) is 23.3 Å². The Kier molecular flexibility index (Phi) is 4.75. The molecule has 0 saturated heterocycles. The SMILES string of the molecule is COC(=O)Cc1cc(C(F)F)cc(CN)c1C#N. The van der Waals surface area contributed by atoms with Crippen molar-refractivity contribution in [3.8, 4) is 6.07 Å². The number of esters is 1. The zero-order valence-electron chi connectivity index (χ0n) is 9.74. The molecule has 0 radical (unpaired) electrons. The molecule has 18 heavy (non-hydrogen) atoms. The molecule has 0 aliphatic rings. The monoisotopic (exact) mass is 254 g/mol. The van der Waals surface area contributed by atoms with E-state index in [-0.39, 0.29) is 29.7 Å². The summed E-state index contributed by atoms with van der Waals surface area (Å²) in [4.78, 5) is 11.2. The van der Waals surface area contributed by atoms with Crippen molar-refractivity contribution < 1.29 is 18.3 Å². The Bertz CT molecular complexity index is 496. The number of rotatable bonds is 4. The summed E-state index contributed by atoms with van der Waals surface area (Å²) in [6.45, 7) is -0.0440. The summed E-state index contributed by atoms with van der Waals surface area (Å²) < 4.78 is 29.8. The van der Waals surface area contributed by atoms with Crippen molar-refractivity contribution in [3.63, 3.8) is 0 Å². The van der Waals surface area contributed by atoms with Crippen LogP contribution in [0.15, 0.2) is 12.1 Å². The lowest BCUT2D eigenvalue weighted by molar-refractivity contribution is -0.139. The molecule has 0 heterocycles. The van der Waals surface area contributed by atoms with Gasteiger partial charge in [0.25, 0.3) is 6.43 Å². The van der Waals surface area contributed by atoms with Crippen LogP contribution in [0.3, 0.4) is 0 Å². The maximum atomic E-state index is 12.7. The van der Waals surface area contributed by atoms with E-state index in [1.54, 1.807) is 0 Å². The predicted molar refractivity (Wildman–Crippen MR) is 59.7 cm³/mol. The number of methoxy groups -OCH3 is 1. The van der Waals surface area contributed by atoms with E-state index in [0.717, 1.165) is 6.07 Å². The number of ether oxygens (including phenoxy) is 1. The lowest BCUT2D eigenvalue weighted by Crippen LogP contribution is -2.10. The van der Waals surface area contributed by atoms with Gasteiger partial charge in [0.2, 0.25) is 0 Å². The van der Waals surface area contributed by atoms with Gasteiger partial charge in [0.15, 0.2) is 0 Å². The Morgan fingerprint density at radius 3 is 2.56 bits per heavy atom. The molecule has 0 saturated carbocycles. The first kappa shape index (κ1) is 14.1. The second-order valence-electron chi connectivity index (χ2n) is 3.58. The minimum Gasteiger partial charge on any atom is -0.469 e. The summed E-state index contributed by atoms with van der Waals surface area (Å²) in [5.74, 6) is -0.596.